The second-order valence-electron chi connectivity index (χ2n) is 7.69. The predicted molar refractivity (Wildman–Crippen MR) is 79.8 cm³/mol. The van der Waals surface area contributed by atoms with E-state index >= 15 is 0 Å². The molecule has 0 bridgehead atoms. The Morgan fingerprint density at radius 2 is 1.07 bits per heavy atom. The molecular formula is C16H15BF8O2. The first-order chi connectivity index (χ1) is 11.9. The van der Waals surface area contributed by atoms with Crippen LogP contribution in [0.4, 0.5) is 35.1 Å². The number of rotatable bonds is 1. The van der Waals surface area contributed by atoms with Gasteiger partial charge < -0.3 is 9.31 Å². The van der Waals surface area contributed by atoms with E-state index in [1.807, 2.05) is 0 Å². The minimum atomic E-state index is -6.29. The Morgan fingerprint density at radius 3 is 1.52 bits per heavy atom. The molecule has 0 atom stereocenters. The topological polar surface area (TPSA) is 18.5 Å². The number of benzene rings is 1. The van der Waals surface area contributed by atoms with Crippen molar-refractivity contribution in [3.8, 4) is 0 Å². The van der Waals surface area contributed by atoms with E-state index in [4.69, 9.17) is 9.31 Å². The molecule has 0 unspecified atom stereocenters. The third kappa shape index (κ3) is 2.33. The minimum Gasteiger partial charge on any atom is -0.399 e. The molecule has 1 fully saturated rings. The molecule has 11 heteroatoms. The lowest BCUT2D eigenvalue weighted by Crippen LogP contribution is -2.64. The predicted octanol–water partition coefficient (Wildman–Crippen LogP) is 4.45. The van der Waals surface area contributed by atoms with Crippen molar-refractivity contribution in [2.75, 3.05) is 0 Å². The maximum Gasteiger partial charge on any atom is 0.494 e. The second kappa shape index (κ2) is 5.17. The van der Waals surface area contributed by atoms with Crippen LogP contribution < -0.4 is 5.46 Å². The van der Waals surface area contributed by atoms with Crippen LogP contribution >= 0.6 is 0 Å². The maximum absolute atomic E-state index is 14.1. The van der Waals surface area contributed by atoms with Gasteiger partial charge in [0.25, 0.3) is 0 Å². The molecular weight excluding hydrogens is 387 g/mol. The van der Waals surface area contributed by atoms with Crippen LogP contribution in [0.5, 0.6) is 0 Å². The molecule has 0 amide bonds. The third-order valence-electron chi connectivity index (χ3n) is 5.43. The Bertz CT molecular complexity index is 775. The molecule has 1 aromatic rings. The summed E-state index contributed by atoms with van der Waals surface area (Å²) in [5.41, 5.74) is -5.84. The largest absolute Gasteiger partial charge is 0.494 e. The van der Waals surface area contributed by atoms with Gasteiger partial charge in [-0.3, -0.25) is 0 Å². The van der Waals surface area contributed by atoms with E-state index in [0.717, 1.165) is 6.07 Å². The quantitative estimate of drug-likeness (QED) is 0.511. The third-order valence-corrected chi connectivity index (χ3v) is 5.43. The van der Waals surface area contributed by atoms with E-state index in [9.17, 15) is 35.1 Å². The van der Waals surface area contributed by atoms with Gasteiger partial charge >= 0.3 is 30.8 Å². The van der Waals surface area contributed by atoms with Crippen LogP contribution in [-0.4, -0.2) is 30.2 Å². The molecule has 0 N–H and O–H groups in total. The van der Waals surface area contributed by atoms with Crippen molar-refractivity contribution >= 4 is 12.6 Å². The Morgan fingerprint density at radius 1 is 0.667 bits per heavy atom. The Hall–Kier alpha value is -1.36. The van der Waals surface area contributed by atoms with Crippen molar-refractivity contribution in [1.29, 1.82) is 0 Å². The van der Waals surface area contributed by atoms with Crippen LogP contribution in [0.1, 0.15) is 38.8 Å². The lowest BCUT2D eigenvalue weighted by atomic mass is 9.73. The molecule has 1 aliphatic carbocycles. The molecule has 2 aliphatic rings. The normalized spacial score (nSPS) is 28.7. The molecule has 1 heterocycles. The zero-order valence-corrected chi connectivity index (χ0v) is 14.6. The van der Waals surface area contributed by atoms with Gasteiger partial charge in [0, 0.05) is 11.1 Å². The van der Waals surface area contributed by atoms with Gasteiger partial charge in [0.2, 0.25) is 0 Å². The summed E-state index contributed by atoms with van der Waals surface area (Å²) >= 11 is 0. The van der Waals surface area contributed by atoms with Crippen molar-refractivity contribution in [2.24, 2.45) is 0 Å². The van der Waals surface area contributed by atoms with Gasteiger partial charge in [-0.2, -0.15) is 35.1 Å². The summed E-state index contributed by atoms with van der Waals surface area (Å²) in [7, 11) is -1.32. The zero-order valence-electron chi connectivity index (χ0n) is 14.6. The molecule has 150 valence electrons. The SMILES string of the molecule is CC1(C)OB(c2ccc3c(c2)C(F)(F)C(F)(F)C(F)(F)C3(F)F)OC1(C)C. The van der Waals surface area contributed by atoms with Crippen molar-refractivity contribution in [1.82, 2.24) is 0 Å². The van der Waals surface area contributed by atoms with E-state index in [2.05, 4.69) is 0 Å². The summed E-state index contributed by atoms with van der Waals surface area (Å²) < 4.78 is 122. The average molecular weight is 402 g/mol. The lowest BCUT2D eigenvalue weighted by molar-refractivity contribution is -0.386. The van der Waals surface area contributed by atoms with Crippen LogP contribution in [0.25, 0.3) is 0 Å². The van der Waals surface area contributed by atoms with Gasteiger partial charge in [0.15, 0.2) is 0 Å². The number of alkyl halides is 8. The highest BCUT2D eigenvalue weighted by Gasteiger charge is 2.85. The zero-order chi connectivity index (χ0) is 20.8. The highest BCUT2D eigenvalue weighted by molar-refractivity contribution is 6.62. The summed E-state index contributed by atoms with van der Waals surface area (Å²) in [5.74, 6) is -23.6. The van der Waals surface area contributed by atoms with Gasteiger partial charge in [-0.05, 0) is 33.2 Å². The summed E-state index contributed by atoms with van der Waals surface area (Å²) in [6.07, 6.45) is 0. The Labute approximate surface area is 150 Å². The molecule has 2 nitrogen and oxygen atoms in total. The van der Waals surface area contributed by atoms with Gasteiger partial charge in [0.1, 0.15) is 0 Å². The van der Waals surface area contributed by atoms with Crippen LogP contribution in [-0.2, 0) is 21.2 Å². The van der Waals surface area contributed by atoms with Crippen LogP contribution in [0.15, 0.2) is 18.2 Å². The highest BCUT2D eigenvalue weighted by Crippen LogP contribution is 2.64. The standard InChI is InChI=1S/C16H15BF8O2/c1-11(2)12(3,4)27-17(26-11)8-5-6-9-10(7-8)14(20,21)16(24,25)15(22,23)13(9,18)19/h5-7H,1-4H3. The fourth-order valence-electron chi connectivity index (χ4n) is 2.95. The highest BCUT2D eigenvalue weighted by atomic mass is 19.4. The smallest absolute Gasteiger partial charge is 0.399 e. The van der Waals surface area contributed by atoms with E-state index in [-0.39, 0.29) is 11.5 Å². The Kier molecular flexibility index (Phi) is 3.90. The molecule has 27 heavy (non-hydrogen) atoms. The molecule has 0 aromatic heterocycles. The molecule has 0 radical (unpaired) electrons. The Balaban J connectivity index is 2.16. The van der Waals surface area contributed by atoms with Crippen molar-refractivity contribution in [3.05, 3.63) is 29.3 Å². The van der Waals surface area contributed by atoms with E-state index in [1.165, 1.54) is 0 Å². The fourth-order valence-corrected chi connectivity index (χ4v) is 2.95. The molecule has 3 rings (SSSR count). The average Bonchev–Trinajstić information content (AvgIpc) is 2.73. The van der Waals surface area contributed by atoms with E-state index in [1.54, 1.807) is 27.7 Å². The number of halogens is 8. The first-order valence-electron chi connectivity index (χ1n) is 7.92. The molecule has 0 saturated carbocycles. The van der Waals surface area contributed by atoms with Crippen LogP contribution in [0.2, 0.25) is 0 Å². The van der Waals surface area contributed by atoms with Gasteiger partial charge in [-0.15, -0.1) is 0 Å². The lowest BCUT2D eigenvalue weighted by Gasteiger charge is -2.42. The van der Waals surface area contributed by atoms with Gasteiger partial charge in [0.05, 0.1) is 11.2 Å². The first kappa shape index (κ1) is 20.4. The number of hydrogen-bond donors (Lipinski definition) is 0. The summed E-state index contributed by atoms with van der Waals surface area (Å²) in [5, 5.41) is 0. The van der Waals surface area contributed by atoms with Gasteiger partial charge in [-0.1, -0.05) is 18.2 Å². The fraction of sp³-hybridized carbons (Fsp3) is 0.625. The molecule has 1 aliphatic heterocycles. The van der Waals surface area contributed by atoms with Gasteiger partial charge in [-0.25, -0.2) is 0 Å². The van der Waals surface area contributed by atoms with Crippen LogP contribution in [0.3, 0.4) is 0 Å². The minimum absolute atomic E-state index is 0.260. The number of hydrogen-bond acceptors (Lipinski definition) is 2. The first-order valence-corrected chi connectivity index (χ1v) is 7.92. The van der Waals surface area contributed by atoms with Crippen molar-refractivity contribution < 1.29 is 44.4 Å². The molecule has 1 aromatic carbocycles. The van der Waals surface area contributed by atoms with E-state index < -0.39 is 53.1 Å². The van der Waals surface area contributed by atoms with Crippen molar-refractivity contribution in [3.63, 3.8) is 0 Å². The molecule has 1 saturated heterocycles. The second-order valence-corrected chi connectivity index (χ2v) is 7.69. The monoisotopic (exact) mass is 402 g/mol. The summed E-state index contributed by atoms with van der Waals surface area (Å²) in [6, 6.07) is 1.42. The molecule has 0 spiro atoms. The summed E-state index contributed by atoms with van der Waals surface area (Å²) in [4.78, 5) is 0. The van der Waals surface area contributed by atoms with E-state index in [0.29, 0.717) is 6.07 Å². The maximum atomic E-state index is 14.1. The number of fused-ring (bicyclic) bond motifs is 1. The van der Waals surface area contributed by atoms with Crippen LogP contribution in [0, 0.1) is 0 Å². The summed E-state index contributed by atoms with van der Waals surface area (Å²) in [6.45, 7) is 6.51. The van der Waals surface area contributed by atoms with Crippen molar-refractivity contribution in [2.45, 2.75) is 62.6 Å².